The number of rotatable bonds is 5. The van der Waals surface area contributed by atoms with E-state index < -0.39 is 66.5 Å². The summed E-state index contributed by atoms with van der Waals surface area (Å²) in [6.07, 6.45) is -1.28. The topological polar surface area (TPSA) is 221 Å². The summed E-state index contributed by atoms with van der Waals surface area (Å²) in [4.78, 5) is 85.1. The monoisotopic (exact) mass is 404 g/mol. The second-order valence-corrected chi connectivity index (χ2v) is 5.24. The number of ether oxygens (including phenoxy) is 1. The number of aliphatic carboxylic acids is 1. The Balaban J connectivity index is 2.93. The highest BCUT2D eigenvalue weighted by Gasteiger charge is 2.28. The maximum absolute atomic E-state index is 11.9. The van der Waals surface area contributed by atoms with Crippen molar-refractivity contribution in [3.05, 3.63) is 11.8 Å². The Morgan fingerprint density at radius 2 is 1.86 bits per heavy atom. The van der Waals surface area contributed by atoms with Gasteiger partial charge >= 0.3 is 35.8 Å². The minimum atomic E-state index is -1.62. The highest BCUT2D eigenvalue weighted by atomic mass is 17.2. The van der Waals surface area contributed by atoms with Gasteiger partial charge in [-0.1, -0.05) is 0 Å². The van der Waals surface area contributed by atoms with E-state index in [0.717, 1.165) is 0 Å². The molecule has 0 fully saturated rings. The minimum absolute atomic E-state index is 0.253. The fourth-order valence-electron chi connectivity index (χ4n) is 1.54. The van der Waals surface area contributed by atoms with Gasteiger partial charge in [-0.05, 0) is 12.8 Å². The van der Waals surface area contributed by atoms with E-state index in [1.165, 1.54) is 0 Å². The molecule has 154 valence electrons. The molecular weight excluding hydrogens is 388 g/mol. The standard InChI is InChI=1S/C14H16N2O12/c15-6(1-3-9(17)18)12(21)24-8-5-11(20)26-25-10(19)4-2-7(16)13(22)27-28-14(8)23/h5-7H,1-4,15-16H2,(H,17,18)/b8-5-/t6-,7-/m1/s1. The fraction of sp³-hybridized carbons (Fsp3) is 0.429. The van der Waals surface area contributed by atoms with Crippen LogP contribution < -0.4 is 11.5 Å². The van der Waals surface area contributed by atoms with Crippen molar-refractivity contribution in [2.45, 2.75) is 37.8 Å². The number of carboxylic acids is 1. The summed E-state index contributed by atoms with van der Waals surface area (Å²) in [6, 6.07) is -2.85. The second kappa shape index (κ2) is 10.6. The third kappa shape index (κ3) is 7.79. The summed E-state index contributed by atoms with van der Waals surface area (Å²) >= 11 is 0. The summed E-state index contributed by atoms with van der Waals surface area (Å²) in [7, 11) is 0. The largest absolute Gasteiger partial charge is 0.481 e. The summed E-state index contributed by atoms with van der Waals surface area (Å²) in [5, 5.41) is 8.55. The third-order valence-corrected chi connectivity index (χ3v) is 3.01. The van der Waals surface area contributed by atoms with Crippen LogP contribution in [-0.2, 0) is 53.1 Å². The maximum Gasteiger partial charge on any atom is 0.421 e. The average molecular weight is 404 g/mol. The number of carboxylic acid groups (broad SMARTS) is 1. The lowest BCUT2D eigenvalue weighted by atomic mass is 10.2. The van der Waals surface area contributed by atoms with E-state index in [0.29, 0.717) is 0 Å². The molecular formula is C14H16N2O12. The highest BCUT2D eigenvalue weighted by molar-refractivity contribution is 5.97. The number of nitrogens with two attached hydrogens (primary N) is 2. The summed E-state index contributed by atoms with van der Waals surface area (Å²) in [6.45, 7) is 0. The number of carbonyl (C=O) groups is 6. The zero-order valence-electron chi connectivity index (χ0n) is 14.2. The van der Waals surface area contributed by atoms with Crippen molar-refractivity contribution >= 4 is 35.8 Å². The number of carbonyl (C=O) groups excluding carboxylic acids is 5. The normalized spacial score (nSPS) is 21.8. The predicted molar refractivity (Wildman–Crippen MR) is 80.6 cm³/mol. The van der Waals surface area contributed by atoms with E-state index in [9.17, 15) is 28.8 Å². The first-order valence-corrected chi connectivity index (χ1v) is 7.60. The van der Waals surface area contributed by atoms with Crippen molar-refractivity contribution in [2.75, 3.05) is 0 Å². The van der Waals surface area contributed by atoms with E-state index in [-0.39, 0.29) is 18.9 Å². The molecule has 0 saturated carbocycles. The summed E-state index contributed by atoms with van der Waals surface area (Å²) < 4.78 is 4.56. The van der Waals surface area contributed by atoms with Gasteiger partial charge < -0.3 is 21.3 Å². The lowest BCUT2D eigenvalue weighted by Gasteiger charge is -2.12. The van der Waals surface area contributed by atoms with Crippen LogP contribution in [0.3, 0.4) is 0 Å². The molecule has 0 aromatic carbocycles. The number of hydrogen-bond acceptors (Lipinski definition) is 13. The molecule has 0 bridgehead atoms. The Kier molecular flexibility index (Phi) is 8.51. The molecule has 14 nitrogen and oxygen atoms in total. The molecule has 0 radical (unpaired) electrons. The van der Waals surface area contributed by atoms with E-state index in [2.05, 4.69) is 24.3 Å². The molecule has 0 unspecified atom stereocenters. The van der Waals surface area contributed by atoms with Gasteiger partial charge in [0.15, 0.2) is 0 Å². The van der Waals surface area contributed by atoms with Gasteiger partial charge in [0.2, 0.25) is 5.76 Å². The van der Waals surface area contributed by atoms with Crippen LogP contribution in [0, 0.1) is 0 Å². The second-order valence-electron chi connectivity index (χ2n) is 5.24. The van der Waals surface area contributed by atoms with Gasteiger partial charge in [-0.15, -0.1) is 0 Å². The predicted octanol–water partition coefficient (Wildman–Crippen LogP) is -2.27. The van der Waals surface area contributed by atoms with E-state index in [1.54, 1.807) is 0 Å². The van der Waals surface area contributed by atoms with Crippen LogP contribution >= 0.6 is 0 Å². The molecule has 1 heterocycles. The van der Waals surface area contributed by atoms with Crippen LogP contribution in [0.15, 0.2) is 11.8 Å². The first kappa shape index (κ1) is 22.5. The molecule has 0 aromatic heterocycles. The van der Waals surface area contributed by atoms with Crippen molar-refractivity contribution in [1.29, 1.82) is 0 Å². The van der Waals surface area contributed by atoms with Gasteiger partial charge in [-0.3, -0.25) is 4.79 Å². The quantitative estimate of drug-likeness (QED) is 0.325. The summed E-state index contributed by atoms with van der Waals surface area (Å²) in [5.74, 6) is -9.07. The van der Waals surface area contributed by atoms with Crippen LogP contribution in [0.5, 0.6) is 0 Å². The van der Waals surface area contributed by atoms with E-state index >= 15 is 0 Å². The first-order chi connectivity index (χ1) is 13.1. The zero-order chi connectivity index (χ0) is 21.3. The first-order valence-electron chi connectivity index (χ1n) is 7.60. The van der Waals surface area contributed by atoms with Crippen molar-refractivity contribution in [3.8, 4) is 0 Å². The molecule has 0 aromatic rings. The molecule has 0 amide bonds. The van der Waals surface area contributed by atoms with Crippen LogP contribution in [0.4, 0.5) is 0 Å². The van der Waals surface area contributed by atoms with Crippen molar-refractivity contribution < 1.29 is 58.2 Å². The SMILES string of the molecule is N[C@@H]1CCC(=O)OOC(=O)/C=C(\OC(=O)[C@H](N)CCC(=O)O)C(=O)OOC1=O. The highest BCUT2D eigenvalue weighted by Crippen LogP contribution is 2.09. The Hall–Kier alpha value is -3.52. The van der Waals surface area contributed by atoms with Gasteiger partial charge in [0.05, 0.1) is 12.5 Å². The molecule has 5 N–H and O–H groups in total. The molecule has 2 atom stereocenters. The lowest BCUT2D eigenvalue weighted by Crippen LogP contribution is -2.35. The maximum atomic E-state index is 11.9. The number of esters is 1. The fourth-order valence-corrected chi connectivity index (χ4v) is 1.54. The van der Waals surface area contributed by atoms with Crippen LogP contribution in [0.25, 0.3) is 0 Å². The van der Waals surface area contributed by atoms with Gasteiger partial charge in [0, 0.05) is 6.42 Å². The van der Waals surface area contributed by atoms with Crippen molar-refractivity contribution in [1.82, 2.24) is 0 Å². The lowest BCUT2D eigenvalue weighted by molar-refractivity contribution is -0.258. The van der Waals surface area contributed by atoms with Crippen molar-refractivity contribution in [3.63, 3.8) is 0 Å². The summed E-state index contributed by atoms with van der Waals surface area (Å²) in [5.41, 5.74) is 10.8. The van der Waals surface area contributed by atoms with E-state index in [4.69, 9.17) is 16.6 Å². The average Bonchev–Trinajstić information content (AvgIpc) is 2.65. The minimum Gasteiger partial charge on any atom is -0.481 e. The van der Waals surface area contributed by atoms with Crippen molar-refractivity contribution in [2.24, 2.45) is 11.5 Å². The Labute approximate surface area is 156 Å². The third-order valence-electron chi connectivity index (χ3n) is 3.01. The Morgan fingerprint density at radius 1 is 1.18 bits per heavy atom. The smallest absolute Gasteiger partial charge is 0.421 e. The van der Waals surface area contributed by atoms with E-state index in [1.807, 2.05) is 0 Å². The van der Waals surface area contributed by atoms with Gasteiger partial charge in [0.25, 0.3) is 0 Å². The molecule has 0 spiro atoms. The Bertz CT molecular complexity index is 700. The van der Waals surface area contributed by atoms with Crippen LogP contribution in [-0.4, -0.2) is 53.0 Å². The van der Waals surface area contributed by atoms with Gasteiger partial charge in [0.1, 0.15) is 12.1 Å². The Morgan fingerprint density at radius 3 is 2.50 bits per heavy atom. The molecule has 0 aliphatic carbocycles. The molecule has 1 aliphatic rings. The zero-order valence-corrected chi connectivity index (χ0v) is 14.2. The van der Waals surface area contributed by atoms with Crippen LogP contribution in [0.1, 0.15) is 25.7 Å². The van der Waals surface area contributed by atoms with Gasteiger partial charge in [-0.2, -0.15) is 0 Å². The molecule has 0 saturated heterocycles. The molecule has 1 aliphatic heterocycles. The number of hydrogen-bond donors (Lipinski definition) is 3. The van der Waals surface area contributed by atoms with Crippen LogP contribution in [0.2, 0.25) is 0 Å². The molecule has 1 rings (SSSR count). The molecule has 28 heavy (non-hydrogen) atoms. The molecule has 14 heteroatoms. The van der Waals surface area contributed by atoms with Gasteiger partial charge in [-0.25, -0.2) is 43.5 Å².